The number of nitrogens with two attached hydrogens (primary N) is 3. The molecule has 1 atom stereocenters. The summed E-state index contributed by atoms with van der Waals surface area (Å²) in [6, 6.07) is 3.91. The molecule has 4 nitrogen and oxygen atoms in total. The zero-order valence-electron chi connectivity index (χ0n) is 11.2. The third-order valence-corrected chi connectivity index (χ3v) is 3.18. The number of hydrogen-bond acceptors (Lipinski definition) is 4. The standard InChI is InChI=1S/C14H25N3O/c1-10-8-13(16)12(14(17)9-10)5-3-2-4-11(18)6-7-15/h8-9,11,18H,2-7,15-17H2,1H3. The van der Waals surface area contributed by atoms with Crippen molar-refractivity contribution in [2.75, 3.05) is 18.0 Å². The highest BCUT2D eigenvalue weighted by Gasteiger charge is 2.06. The van der Waals surface area contributed by atoms with Crippen LogP contribution in [0.15, 0.2) is 12.1 Å². The van der Waals surface area contributed by atoms with Crippen molar-refractivity contribution in [2.45, 2.75) is 45.1 Å². The van der Waals surface area contributed by atoms with Crippen LogP contribution in [0, 0.1) is 6.92 Å². The average molecular weight is 251 g/mol. The minimum atomic E-state index is -0.275. The molecule has 0 fully saturated rings. The summed E-state index contributed by atoms with van der Waals surface area (Å²) in [4.78, 5) is 0. The largest absolute Gasteiger partial charge is 0.398 e. The molecule has 0 saturated heterocycles. The molecule has 4 heteroatoms. The molecule has 0 radical (unpaired) electrons. The number of anilines is 2. The Morgan fingerprint density at radius 2 is 1.72 bits per heavy atom. The molecule has 0 saturated carbocycles. The fourth-order valence-electron chi connectivity index (χ4n) is 2.18. The van der Waals surface area contributed by atoms with E-state index in [0.29, 0.717) is 13.0 Å². The van der Waals surface area contributed by atoms with Crippen molar-refractivity contribution in [1.82, 2.24) is 0 Å². The predicted octanol–water partition coefficient (Wildman–Crippen LogP) is 1.58. The molecule has 1 aromatic rings. The van der Waals surface area contributed by atoms with E-state index < -0.39 is 0 Å². The Morgan fingerprint density at radius 1 is 1.11 bits per heavy atom. The van der Waals surface area contributed by atoms with Crippen molar-refractivity contribution in [3.63, 3.8) is 0 Å². The fourth-order valence-corrected chi connectivity index (χ4v) is 2.18. The van der Waals surface area contributed by atoms with Gasteiger partial charge in [-0.1, -0.05) is 6.42 Å². The SMILES string of the molecule is Cc1cc(N)c(CCCCC(O)CCN)c(N)c1. The third-order valence-electron chi connectivity index (χ3n) is 3.18. The zero-order valence-corrected chi connectivity index (χ0v) is 11.2. The molecular formula is C14H25N3O. The van der Waals surface area contributed by atoms with E-state index in [4.69, 9.17) is 17.2 Å². The van der Waals surface area contributed by atoms with Gasteiger partial charge in [0, 0.05) is 11.4 Å². The van der Waals surface area contributed by atoms with E-state index in [1.54, 1.807) is 0 Å². The second kappa shape index (κ2) is 7.24. The Kier molecular flexibility index (Phi) is 5.95. The number of unbranched alkanes of at least 4 members (excludes halogenated alkanes) is 1. The summed E-state index contributed by atoms with van der Waals surface area (Å²) in [6.45, 7) is 2.53. The number of rotatable bonds is 7. The summed E-state index contributed by atoms with van der Waals surface area (Å²) in [5.41, 5.74) is 21.0. The molecule has 7 N–H and O–H groups in total. The zero-order chi connectivity index (χ0) is 13.5. The Bertz CT molecular complexity index is 356. The predicted molar refractivity (Wildman–Crippen MR) is 77.2 cm³/mol. The van der Waals surface area contributed by atoms with Crippen molar-refractivity contribution in [3.05, 3.63) is 23.3 Å². The van der Waals surface area contributed by atoms with E-state index in [1.165, 1.54) is 0 Å². The van der Waals surface area contributed by atoms with Gasteiger partial charge in [-0.05, 0) is 62.4 Å². The lowest BCUT2D eigenvalue weighted by molar-refractivity contribution is 0.154. The van der Waals surface area contributed by atoms with Crippen LogP contribution >= 0.6 is 0 Å². The van der Waals surface area contributed by atoms with Crippen LogP contribution < -0.4 is 17.2 Å². The molecular weight excluding hydrogens is 226 g/mol. The van der Waals surface area contributed by atoms with E-state index in [-0.39, 0.29) is 6.10 Å². The number of aryl methyl sites for hydroxylation is 1. The molecule has 1 rings (SSSR count). The van der Waals surface area contributed by atoms with Crippen molar-refractivity contribution in [1.29, 1.82) is 0 Å². The fraction of sp³-hybridized carbons (Fsp3) is 0.571. The van der Waals surface area contributed by atoms with Gasteiger partial charge in [0.15, 0.2) is 0 Å². The molecule has 18 heavy (non-hydrogen) atoms. The van der Waals surface area contributed by atoms with Gasteiger partial charge in [0.2, 0.25) is 0 Å². The van der Waals surface area contributed by atoms with E-state index in [9.17, 15) is 5.11 Å². The molecule has 0 heterocycles. The number of hydrogen-bond donors (Lipinski definition) is 4. The quantitative estimate of drug-likeness (QED) is 0.437. The van der Waals surface area contributed by atoms with Crippen LogP contribution in [0.2, 0.25) is 0 Å². The molecule has 0 amide bonds. The van der Waals surface area contributed by atoms with E-state index >= 15 is 0 Å². The van der Waals surface area contributed by atoms with Crippen LogP contribution in [-0.2, 0) is 6.42 Å². The van der Waals surface area contributed by atoms with Crippen LogP contribution in [0.25, 0.3) is 0 Å². The molecule has 0 spiro atoms. The molecule has 0 bridgehead atoms. The Morgan fingerprint density at radius 3 is 2.28 bits per heavy atom. The van der Waals surface area contributed by atoms with E-state index in [0.717, 1.165) is 48.2 Å². The van der Waals surface area contributed by atoms with Gasteiger partial charge in [0.1, 0.15) is 0 Å². The highest BCUT2D eigenvalue weighted by Crippen LogP contribution is 2.24. The van der Waals surface area contributed by atoms with Crippen LogP contribution in [0.5, 0.6) is 0 Å². The first-order chi connectivity index (χ1) is 8.54. The van der Waals surface area contributed by atoms with Gasteiger partial charge in [-0.15, -0.1) is 0 Å². The summed E-state index contributed by atoms with van der Waals surface area (Å²) in [5, 5.41) is 9.56. The summed E-state index contributed by atoms with van der Waals surface area (Å²) < 4.78 is 0. The van der Waals surface area contributed by atoms with Crippen molar-refractivity contribution < 1.29 is 5.11 Å². The Hall–Kier alpha value is -1.26. The minimum absolute atomic E-state index is 0.275. The van der Waals surface area contributed by atoms with Crippen LogP contribution in [-0.4, -0.2) is 17.8 Å². The smallest absolute Gasteiger partial charge is 0.0552 e. The van der Waals surface area contributed by atoms with Crippen molar-refractivity contribution in [2.24, 2.45) is 5.73 Å². The number of benzene rings is 1. The van der Waals surface area contributed by atoms with Crippen molar-refractivity contribution >= 4 is 11.4 Å². The summed E-state index contributed by atoms with van der Waals surface area (Å²) >= 11 is 0. The first kappa shape index (κ1) is 14.8. The molecule has 0 aliphatic rings. The average Bonchev–Trinajstić information content (AvgIpc) is 2.27. The minimum Gasteiger partial charge on any atom is -0.398 e. The lowest BCUT2D eigenvalue weighted by atomic mass is 10.00. The number of nitrogen functional groups attached to an aromatic ring is 2. The van der Waals surface area contributed by atoms with Gasteiger partial charge in [-0.3, -0.25) is 0 Å². The number of aliphatic hydroxyl groups excluding tert-OH is 1. The van der Waals surface area contributed by atoms with Gasteiger partial charge in [0.25, 0.3) is 0 Å². The normalized spacial score (nSPS) is 12.6. The Labute approximate surface area is 109 Å². The summed E-state index contributed by atoms with van der Waals surface area (Å²) in [6.07, 6.45) is 4.01. The second-order valence-electron chi connectivity index (χ2n) is 4.90. The Balaban J connectivity index is 2.40. The first-order valence-corrected chi connectivity index (χ1v) is 6.57. The van der Waals surface area contributed by atoms with Gasteiger partial charge >= 0.3 is 0 Å². The maximum Gasteiger partial charge on any atom is 0.0552 e. The molecule has 1 aromatic carbocycles. The molecule has 0 aromatic heterocycles. The van der Waals surface area contributed by atoms with E-state index in [2.05, 4.69) is 0 Å². The topological polar surface area (TPSA) is 98.3 Å². The van der Waals surface area contributed by atoms with Crippen LogP contribution in [0.1, 0.15) is 36.8 Å². The van der Waals surface area contributed by atoms with Gasteiger partial charge in [-0.25, -0.2) is 0 Å². The van der Waals surface area contributed by atoms with Crippen LogP contribution in [0.3, 0.4) is 0 Å². The van der Waals surface area contributed by atoms with Crippen molar-refractivity contribution in [3.8, 4) is 0 Å². The highest BCUT2D eigenvalue weighted by molar-refractivity contribution is 5.63. The van der Waals surface area contributed by atoms with E-state index in [1.807, 2.05) is 19.1 Å². The lowest BCUT2D eigenvalue weighted by Gasteiger charge is -2.12. The third kappa shape index (κ3) is 4.55. The maximum atomic E-state index is 9.56. The first-order valence-electron chi connectivity index (χ1n) is 6.57. The summed E-state index contributed by atoms with van der Waals surface area (Å²) in [7, 11) is 0. The molecule has 0 aliphatic heterocycles. The maximum absolute atomic E-state index is 9.56. The van der Waals surface area contributed by atoms with Crippen LogP contribution in [0.4, 0.5) is 11.4 Å². The van der Waals surface area contributed by atoms with Gasteiger partial charge in [0.05, 0.1) is 6.10 Å². The second-order valence-corrected chi connectivity index (χ2v) is 4.90. The lowest BCUT2D eigenvalue weighted by Crippen LogP contribution is -2.13. The molecule has 102 valence electrons. The monoisotopic (exact) mass is 251 g/mol. The van der Waals surface area contributed by atoms with Gasteiger partial charge < -0.3 is 22.3 Å². The molecule has 1 unspecified atom stereocenters. The molecule has 0 aliphatic carbocycles. The van der Waals surface area contributed by atoms with Gasteiger partial charge in [-0.2, -0.15) is 0 Å². The highest BCUT2D eigenvalue weighted by atomic mass is 16.3. The number of aliphatic hydroxyl groups is 1. The summed E-state index contributed by atoms with van der Waals surface area (Å²) in [5.74, 6) is 0.